The fraction of sp³-hybridized carbons (Fsp3) is 0.143. The SMILES string of the molecule is COC(=O)C(C(=O)O)C(=O)c1ccc(Cl)c2cccnc12. The number of methoxy groups -OCH3 is 1. The van der Waals surface area contributed by atoms with Crippen molar-refractivity contribution in [3.05, 3.63) is 41.0 Å². The predicted octanol–water partition coefficient (Wildman–Crippen LogP) is 1.94. The first-order chi connectivity index (χ1) is 9.97. The van der Waals surface area contributed by atoms with Gasteiger partial charge in [-0.3, -0.25) is 19.4 Å². The van der Waals surface area contributed by atoms with Crippen LogP contribution in [0.2, 0.25) is 5.02 Å². The summed E-state index contributed by atoms with van der Waals surface area (Å²) >= 11 is 6.01. The number of rotatable bonds is 4. The molecule has 21 heavy (non-hydrogen) atoms. The highest BCUT2D eigenvalue weighted by Crippen LogP contribution is 2.26. The van der Waals surface area contributed by atoms with Crippen molar-refractivity contribution in [2.24, 2.45) is 5.92 Å². The van der Waals surface area contributed by atoms with Gasteiger partial charge < -0.3 is 9.84 Å². The Labute approximate surface area is 124 Å². The number of carboxylic acids is 1. The number of ketones is 1. The van der Waals surface area contributed by atoms with Gasteiger partial charge in [-0.15, -0.1) is 0 Å². The largest absolute Gasteiger partial charge is 0.480 e. The van der Waals surface area contributed by atoms with Crippen LogP contribution in [0.5, 0.6) is 0 Å². The van der Waals surface area contributed by atoms with Gasteiger partial charge in [-0.2, -0.15) is 0 Å². The summed E-state index contributed by atoms with van der Waals surface area (Å²) < 4.78 is 4.37. The maximum atomic E-state index is 12.3. The Hall–Kier alpha value is -2.47. The first-order valence-corrected chi connectivity index (χ1v) is 6.23. The second-order valence-corrected chi connectivity index (χ2v) is 4.56. The summed E-state index contributed by atoms with van der Waals surface area (Å²) in [5, 5.41) is 9.94. The molecule has 0 saturated heterocycles. The van der Waals surface area contributed by atoms with E-state index in [-0.39, 0.29) is 11.1 Å². The van der Waals surface area contributed by atoms with Gasteiger partial charge in [-0.25, -0.2) is 0 Å². The quantitative estimate of drug-likeness (QED) is 0.527. The van der Waals surface area contributed by atoms with Gasteiger partial charge in [-0.05, 0) is 24.3 Å². The highest BCUT2D eigenvalue weighted by atomic mass is 35.5. The topological polar surface area (TPSA) is 93.6 Å². The first kappa shape index (κ1) is 14.9. The minimum atomic E-state index is -1.93. The number of halogens is 1. The third kappa shape index (κ3) is 2.71. The minimum absolute atomic E-state index is 0.00722. The molecule has 1 unspecified atom stereocenters. The zero-order valence-corrected chi connectivity index (χ0v) is 11.6. The average molecular weight is 308 g/mol. The number of ether oxygens (including phenoxy) is 1. The van der Waals surface area contributed by atoms with Crippen LogP contribution in [-0.2, 0) is 14.3 Å². The number of esters is 1. The highest BCUT2D eigenvalue weighted by Gasteiger charge is 2.36. The summed E-state index contributed by atoms with van der Waals surface area (Å²) in [6.45, 7) is 0. The molecule has 0 fully saturated rings. The van der Waals surface area contributed by atoms with E-state index in [0.29, 0.717) is 10.4 Å². The molecule has 2 rings (SSSR count). The predicted molar refractivity (Wildman–Crippen MR) is 74.2 cm³/mol. The molecule has 1 aromatic carbocycles. The molecule has 1 heterocycles. The first-order valence-electron chi connectivity index (χ1n) is 5.85. The highest BCUT2D eigenvalue weighted by molar-refractivity contribution is 6.36. The standard InChI is InChI=1S/C14H10ClNO5/c1-21-14(20)10(13(18)19)12(17)8-4-5-9(15)7-3-2-6-16-11(7)8/h2-6,10H,1H3,(H,18,19). The van der Waals surface area contributed by atoms with Gasteiger partial charge >= 0.3 is 11.9 Å². The molecule has 7 heteroatoms. The van der Waals surface area contributed by atoms with E-state index in [4.69, 9.17) is 16.7 Å². The van der Waals surface area contributed by atoms with Gasteiger partial charge in [0.1, 0.15) is 0 Å². The Morgan fingerprint density at radius 1 is 1.29 bits per heavy atom. The molecule has 1 N–H and O–H groups in total. The number of nitrogens with zero attached hydrogens (tertiary/aromatic N) is 1. The van der Waals surface area contributed by atoms with Crippen molar-refractivity contribution < 1.29 is 24.2 Å². The van der Waals surface area contributed by atoms with Crippen molar-refractivity contribution in [1.82, 2.24) is 4.98 Å². The van der Waals surface area contributed by atoms with Crippen LogP contribution >= 0.6 is 11.6 Å². The van der Waals surface area contributed by atoms with Crippen LogP contribution in [0.1, 0.15) is 10.4 Å². The number of carbonyl (C=O) groups is 3. The second kappa shape index (κ2) is 5.88. The second-order valence-electron chi connectivity index (χ2n) is 4.15. The minimum Gasteiger partial charge on any atom is -0.480 e. The number of pyridine rings is 1. The number of aromatic nitrogens is 1. The molecule has 6 nitrogen and oxygen atoms in total. The smallest absolute Gasteiger partial charge is 0.328 e. The van der Waals surface area contributed by atoms with Crippen molar-refractivity contribution in [2.75, 3.05) is 7.11 Å². The van der Waals surface area contributed by atoms with E-state index in [1.807, 2.05) is 0 Å². The van der Waals surface area contributed by atoms with Gasteiger partial charge in [0.05, 0.1) is 17.6 Å². The van der Waals surface area contributed by atoms with Crippen LogP contribution in [0, 0.1) is 5.92 Å². The van der Waals surface area contributed by atoms with Gasteiger partial charge in [0.25, 0.3) is 0 Å². The fourth-order valence-electron chi connectivity index (χ4n) is 1.93. The Morgan fingerprint density at radius 3 is 2.62 bits per heavy atom. The van der Waals surface area contributed by atoms with E-state index >= 15 is 0 Å². The summed E-state index contributed by atoms with van der Waals surface area (Å²) in [4.78, 5) is 39.0. The van der Waals surface area contributed by atoms with Crippen molar-refractivity contribution in [3.8, 4) is 0 Å². The van der Waals surface area contributed by atoms with Crippen LogP contribution < -0.4 is 0 Å². The van der Waals surface area contributed by atoms with E-state index in [0.717, 1.165) is 7.11 Å². The number of hydrogen-bond acceptors (Lipinski definition) is 5. The number of carboxylic acid groups (broad SMARTS) is 1. The van der Waals surface area contributed by atoms with E-state index in [1.54, 1.807) is 12.1 Å². The van der Waals surface area contributed by atoms with Gasteiger partial charge in [-0.1, -0.05) is 11.6 Å². The molecule has 0 saturated carbocycles. The van der Waals surface area contributed by atoms with Crippen molar-refractivity contribution in [1.29, 1.82) is 0 Å². The normalized spacial score (nSPS) is 11.9. The Morgan fingerprint density at radius 2 is 2.00 bits per heavy atom. The van der Waals surface area contributed by atoms with Gasteiger partial charge in [0.15, 0.2) is 5.78 Å². The van der Waals surface area contributed by atoms with Crippen LogP contribution in [0.15, 0.2) is 30.5 Å². The lowest BCUT2D eigenvalue weighted by atomic mass is 9.95. The van der Waals surface area contributed by atoms with Crippen molar-refractivity contribution in [3.63, 3.8) is 0 Å². The third-order valence-electron chi connectivity index (χ3n) is 2.93. The van der Waals surface area contributed by atoms with Crippen LogP contribution in [0.4, 0.5) is 0 Å². The maximum absolute atomic E-state index is 12.3. The molecule has 0 spiro atoms. The Balaban J connectivity index is 2.60. The molecule has 0 radical (unpaired) electrons. The number of benzene rings is 1. The Kier molecular flexibility index (Phi) is 4.18. The van der Waals surface area contributed by atoms with Gasteiger partial charge in [0, 0.05) is 17.1 Å². The van der Waals surface area contributed by atoms with Crippen molar-refractivity contribution >= 4 is 40.2 Å². The van der Waals surface area contributed by atoms with E-state index < -0.39 is 23.6 Å². The molecular weight excluding hydrogens is 298 g/mol. The van der Waals surface area contributed by atoms with E-state index in [1.165, 1.54) is 18.3 Å². The molecule has 2 aromatic rings. The average Bonchev–Trinajstić information content (AvgIpc) is 2.47. The summed E-state index contributed by atoms with van der Waals surface area (Å²) in [6, 6.07) is 6.08. The number of fused-ring (bicyclic) bond motifs is 1. The molecule has 0 aliphatic carbocycles. The molecule has 0 bridgehead atoms. The molecule has 0 aliphatic heterocycles. The lowest BCUT2D eigenvalue weighted by molar-refractivity contribution is -0.153. The lowest BCUT2D eigenvalue weighted by Crippen LogP contribution is -2.33. The molecule has 0 aliphatic rings. The van der Waals surface area contributed by atoms with Crippen LogP contribution in [0.3, 0.4) is 0 Å². The fourth-order valence-corrected chi connectivity index (χ4v) is 2.15. The van der Waals surface area contributed by atoms with Crippen LogP contribution in [-0.4, -0.2) is 34.9 Å². The number of Topliss-reactive ketones (excluding diaryl/α,β-unsaturated/α-hetero) is 1. The zero-order chi connectivity index (χ0) is 15.6. The number of aliphatic carboxylic acids is 1. The summed E-state index contributed by atoms with van der Waals surface area (Å²) in [6.07, 6.45) is 1.45. The van der Waals surface area contributed by atoms with Gasteiger partial charge in [0.2, 0.25) is 5.92 Å². The van der Waals surface area contributed by atoms with E-state index in [9.17, 15) is 14.4 Å². The molecule has 1 atom stereocenters. The summed E-state index contributed by atoms with van der Waals surface area (Å²) in [5.74, 6) is -5.53. The van der Waals surface area contributed by atoms with E-state index in [2.05, 4.69) is 9.72 Å². The zero-order valence-electron chi connectivity index (χ0n) is 10.9. The summed E-state index contributed by atoms with van der Waals surface area (Å²) in [5.41, 5.74) is 0.248. The molecule has 1 aromatic heterocycles. The monoisotopic (exact) mass is 307 g/mol. The van der Waals surface area contributed by atoms with Crippen LogP contribution in [0.25, 0.3) is 10.9 Å². The molecule has 108 valence electrons. The Bertz CT molecular complexity index is 743. The molecular formula is C14H10ClNO5. The number of carbonyl (C=O) groups excluding carboxylic acids is 2. The third-order valence-corrected chi connectivity index (χ3v) is 3.26. The number of hydrogen-bond donors (Lipinski definition) is 1. The summed E-state index contributed by atoms with van der Waals surface area (Å²) in [7, 11) is 1.02. The van der Waals surface area contributed by atoms with Crippen molar-refractivity contribution in [2.45, 2.75) is 0 Å². The lowest BCUT2D eigenvalue weighted by Gasteiger charge is -2.11. The molecule has 0 amide bonds. The maximum Gasteiger partial charge on any atom is 0.328 e.